The van der Waals surface area contributed by atoms with Crippen LogP contribution in [0.5, 0.6) is 0 Å². The molecule has 1 aromatic heterocycles. The zero-order chi connectivity index (χ0) is 15.0. The Morgan fingerprint density at radius 3 is 2.25 bits per heavy atom. The maximum absolute atomic E-state index is 12.3. The van der Waals surface area contributed by atoms with Gasteiger partial charge in [0.2, 0.25) is 0 Å². The number of hydrogen-bond donors (Lipinski definition) is 1. The summed E-state index contributed by atoms with van der Waals surface area (Å²) in [6, 6.07) is -0.592. The molecule has 0 bridgehead atoms. The second-order valence-electron chi connectivity index (χ2n) is 4.97. The fourth-order valence-corrected chi connectivity index (χ4v) is 1.95. The molecule has 0 aliphatic heterocycles. The Hall–Kier alpha value is -1.11. The molecular weight excluding hydrogens is 271 g/mol. The summed E-state index contributed by atoms with van der Waals surface area (Å²) in [7, 11) is 0. The Bertz CT molecular complexity index is 379. The van der Waals surface area contributed by atoms with E-state index in [-0.39, 0.29) is 5.82 Å². The van der Waals surface area contributed by atoms with Gasteiger partial charge in [0.05, 0.1) is 6.04 Å². The van der Waals surface area contributed by atoms with Crippen molar-refractivity contribution in [1.82, 2.24) is 10.1 Å². The van der Waals surface area contributed by atoms with Crippen LogP contribution in [0.2, 0.25) is 0 Å². The molecule has 1 aromatic rings. The highest BCUT2D eigenvalue weighted by molar-refractivity contribution is 4.95. The molecule has 1 unspecified atom stereocenters. The summed E-state index contributed by atoms with van der Waals surface area (Å²) in [5.74, 6) is -1.40. The SMILES string of the molecule is CCCCCCCCCC(N)c1noc(C(F)(F)F)n1. The summed E-state index contributed by atoms with van der Waals surface area (Å²) >= 11 is 0. The number of nitrogens with zero attached hydrogens (tertiary/aromatic N) is 2. The number of aromatic nitrogens is 2. The highest BCUT2D eigenvalue weighted by Gasteiger charge is 2.38. The third-order valence-electron chi connectivity index (χ3n) is 3.13. The molecule has 0 spiro atoms. The Kier molecular flexibility index (Phi) is 6.98. The summed E-state index contributed by atoms with van der Waals surface area (Å²) < 4.78 is 41.0. The van der Waals surface area contributed by atoms with Crippen molar-refractivity contribution in [3.8, 4) is 0 Å². The van der Waals surface area contributed by atoms with Crippen LogP contribution in [0.15, 0.2) is 4.52 Å². The van der Waals surface area contributed by atoms with E-state index in [0.717, 1.165) is 19.3 Å². The van der Waals surface area contributed by atoms with Crippen molar-refractivity contribution in [3.63, 3.8) is 0 Å². The first-order chi connectivity index (χ1) is 9.45. The third-order valence-corrected chi connectivity index (χ3v) is 3.13. The predicted molar refractivity (Wildman–Crippen MR) is 68.8 cm³/mol. The second kappa shape index (κ2) is 8.24. The number of hydrogen-bond acceptors (Lipinski definition) is 4. The number of unbranched alkanes of at least 4 members (excludes halogenated alkanes) is 6. The van der Waals surface area contributed by atoms with Crippen molar-refractivity contribution in [2.24, 2.45) is 5.73 Å². The molecule has 20 heavy (non-hydrogen) atoms. The van der Waals surface area contributed by atoms with Gasteiger partial charge in [-0.3, -0.25) is 0 Å². The lowest BCUT2D eigenvalue weighted by Gasteiger charge is -2.06. The highest BCUT2D eigenvalue weighted by Crippen LogP contribution is 2.28. The van der Waals surface area contributed by atoms with Gasteiger partial charge in [-0.25, -0.2) is 0 Å². The van der Waals surface area contributed by atoms with E-state index in [4.69, 9.17) is 5.73 Å². The van der Waals surface area contributed by atoms with Gasteiger partial charge >= 0.3 is 12.1 Å². The maximum atomic E-state index is 12.3. The van der Waals surface area contributed by atoms with Gasteiger partial charge in [0.15, 0.2) is 5.82 Å². The molecule has 1 rings (SSSR count). The molecule has 0 fully saturated rings. The van der Waals surface area contributed by atoms with Crippen molar-refractivity contribution in [2.45, 2.75) is 70.5 Å². The standard InChI is InChI=1S/C13H22F3N3O/c1-2-3-4-5-6-7-8-9-10(17)11-18-12(20-19-11)13(14,15)16/h10H,2-9,17H2,1H3. The van der Waals surface area contributed by atoms with Crippen LogP contribution in [-0.2, 0) is 6.18 Å². The Morgan fingerprint density at radius 1 is 1.10 bits per heavy atom. The average molecular weight is 293 g/mol. The van der Waals surface area contributed by atoms with Crippen LogP contribution in [0.3, 0.4) is 0 Å². The first-order valence-corrected chi connectivity index (χ1v) is 7.11. The van der Waals surface area contributed by atoms with Crippen molar-refractivity contribution in [1.29, 1.82) is 0 Å². The van der Waals surface area contributed by atoms with Crippen LogP contribution in [-0.4, -0.2) is 10.1 Å². The van der Waals surface area contributed by atoms with Gasteiger partial charge < -0.3 is 10.3 Å². The van der Waals surface area contributed by atoms with Gasteiger partial charge in [-0.05, 0) is 6.42 Å². The monoisotopic (exact) mass is 293 g/mol. The summed E-state index contributed by atoms with van der Waals surface area (Å²) in [5, 5.41) is 3.29. The van der Waals surface area contributed by atoms with E-state index in [9.17, 15) is 13.2 Å². The van der Waals surface area contributed by atoms with Crippen LogP contribution >= 0.6 is 0 Å². The van der Waals surface area contributed by atoms with Crippen LogP contribution in [0, 0.1) is 0 Å². The normalized spacial score (nSPS) is 13.7. The first-order valence-electron chi connectivity index (χ1n) is 7.11. The maximum Gasteiger partial charge on any atom is 0.471 e. The molecule has 0 aliphatic rings. The van der Waals surface area contributed by atoms with Crippen LogP contribution in [0.4, 0.5) is 13.2 Å². The van der Waals surface area contributed by atoms with Gasteiger partial charge in [0, 0.05) is 0 Å². The molecule has 0 aliphatic carbocycles. The van der Waals surface area contributed by atoms with Crippen molar-refractivity contribution >= 4 is 0 Å². The third kappa shape index (κ3) is 5.90. The first kappa shape index (κ1) is 16.9. The Balaban J connectivity index is 2.22. The lowest BCUT2D eigenvalue weighted by Crippen LogP contribution is -2.13. The molecular formula is C13H22F3N3O. The smallest absolute Gasteiger partial charge is 0.329 e. The summed E-state index contributed by atoms with van der Waals surface area (Å²) in [6.07, 6.45) is 3.89. The van der Waals surface area contributed by atoms with Crippen molar-refractivity contribution in [2.75, 3.05) is 0 Å². The highest BCUT2D eigenvalue weighted by atomic mass is 19.4. The topological polar surface area (TPSA) is 64.9 Å². The predicted octanol–water partition coefficient (Wildman–Crippen LogP) is 4.23. The zero-order valence-corrected chi connectivity index (χ0v) is 11.7. The van der Waals surface area contributed by atoms with Crippen LogP contribution in [0.1, 0.15) is 76.0 Å². The molecule has 1 heterocycles. The molecule has 4 nitrogen and oxygen atoms in total. The van der Waals surface area contributed by atoms with Crippen LogP contribution in [0.25, 0.3) is 0 Å². The lowest BCUT2D eigenvalue weighted by atomic mass is 10.1. The van der Waals surface area contributed by atoms with E-state index in [1.165, 1.54) is 25.7 Å². The zero-order valence-electron chi connectivity index (χ0n) is 11.7. The van der Waals surface area contributed by atoms with Gasteiger partial charge in [-0.2, -0.15) is 18.2 Å². The average Bonchev–Trinajstić information content (AvgIpc) is 2.87. The van der Waals surface area contributed by atoms with E-state index in [1.54, 1.807) is 0 Å². The molecule has 2 N–H and O–H groups in total. The largest absolute Gasteiger partial charge is 0.471 e. The van der Waals surface area contributed by atoms with Gasteiger partial charge in [0.25, 0.3) is 0 Å². The van der Waals surface area contributed by atoms with Crippen molar-refractivity contribution < 1.29 is 17.7 Å². The Morgan fingerprint density at radius 2 is 1.70 bits per heavy atom. The number of nitrogens with two attached hydrogens (primary N) is 1. The van der Waals surface area contributed by atoms with Crippen molar-refractivity contribution in [3.05, 3.63) is 11.7 Å². The molecule has 7 heteroatoms. The minimum Gasteiger partial charge on any atom is -0.329 e. The van der Waals surface area contributed by atoms with E-state index in [1.807, 2.05) is 0 Å². The minimum absolute atomic E-state index is 0.0664. The fraction of sp³-hybridized carbons (Fsp3) is 0.846. The van der Waals surface area contributed by atoms with E-state index in [2.05, 4.69) is 21.6 Å². The molecule has 1 atom stereocenters. The molecule has 0 aromatic carbocycles. The fourth-order valence-electron chi connectivity index (χ4n) is 1.95. The van der Waals surface area contributed by atoms with E-state index in [0.29, 0.717) is 6.42 Å². The van der Waals surface area contributed by atoms with Gasteiger partial charge in [0.1, 0.15) is 0 Å². The number of rotatable bonds is 9. The van der Waals surface area contributed by atoms with Gasteiger partial charge in [-0.1, -0.05) is 57.0 Å². The van der Waals surface area contributed by atoms with E-state index < -0.39 is 18.1 Å². The van der Waals surface area contributed by atoms with Crippen LogP contribution < -0.4 is 5.73 Å². The number of alkyl halides is 3. The summed E-state index contributed by atoms with van der Waals surface area (Å²) in [6.45, 7) is 2.17. The number of halogens is 3. The molecule has 0 radical (unpaired) electrons. The summed E-state index contributed by atoms with van der Waals surface area (Å²) in [5.41, 5.74) is 5.76. The van der Waals surface area contributed by atoms with E-state index >= 15 is 0 Å². The second-order valence-corrected chi connectivity index (χ2v) is 4.97. The molecule has 0 amide bonds. The lowest BCUT2D eigenvalue weighted by molar-refractivity contribution is -0.159. The molecule has 116 valence electrons. The molecule has 0 saturated heterocycles. The minimum atomic E-state index is -4.61. The Labute approximate surface area is 116 Å². The summed E-state index contributed by atoms with van der Waals surface area (Å²) in [4.78, 5) is 3.29. The quantitative estimate of drug-likeness (QED) is 0.692. The van der Waals surface area contributed by atoms with Gasteiger partial charge in [-0.15, -0.1) is 0 Å². The molecule has 0 saturated carbocycles.